The van der Waals surface area contributed by atoms with Gasteiger partial charge < -0.3 is 15.2 Å². The molecule has 1 saturated heterocycles. The molecule has 2 aliphatic rings. The average Bonchev–Trinajstić information content (AvgIpc) is 3.30. The molecule has 2 atom stereocenters. The quantitative estimate of drug-likeness (QED) is 0.666. The number of pyridine rings is 2. The molecule has 0 aliphatic carbocycles. The summed E-state index contributed by atoms with van der Waals surface area (Å²) < 4.78 is 0. The lowest BCUT2D eigenvalue weighted by Gasteiger charge is -2.34. The van der Waals surface area contributed by atoms with Crippen molar-refractivity contribution in [2.75, 3.05) is 11.9 Å². The predicted molar refractivity (Wildman–Crippen MR) is 111 cm³/mol. The third kappa shape index (κ3) is 2.59. The molecule has 5 rings (SSSR count). The highest BCUT2D eigenvalue weighted by atomic mass is 35.5. The number of benzene rings is 1. The van der Waals surface area contributed by atoms with Crippen molar-refractivity contribution < 1.29 is 9.59 Å². The maximum atomic E-state index is 13.4. The Balaban J connectivity index is 1.66. The van der Waals surface area contributed by atoms with Crippen LogP contribution >= 0.6 is 11.6 Å². The Morgan fingerprint density at radius 2 is 2.03 bits per heavy atom. The van der Waals surface area contributed by atoms with Crippen molar-refractivity contribution in [1.82, 2.24) is 14.9 Å². The minimum absolute atomic E-state index is 0.0587. The normalized spacial score (nSPS) is 22.2. The van der Waals surface area contributed by atoms with Crippen LogP contribution in [0.3, 0.4) is 0 Å². The summed E-state index contributed by atoms with van der Waals surface area (Å²) in [6.45, 7) is 0.372. The molecule has 0 radical (unpaired) electrons. The van der Waals surface area contributed by atoms with Gasteiger partial charge in [0.1, 0.15) is 10.4 Å². The number of nitrogens with one attached hydrogen (secondary N) is 2. The molecule has 1 spiro atoms. The van der Waals surface area contributed by atoms with Gasteiger partial charge in [-0.05, 0) is 35.7 Å². The van der Waals surface area contributed by atoms with Crippen molar-refractivity contribution in [3.8, 4) is 0 Å². The van der Waals surface area contributed by atoms with Gasteiger partial charge in [-0.1, -0.05) is 35.9 Å². The van der Waals surface area contributed by atoms with Gasteiger partial charge in [-0.3, -0.25) is 19.4 Å². The number of hydrogen-bond acceptors (Lipinski definition) is 4. The number of rotatable bonds is 2. The molecule has 7 nitrogen and oxygen atoms in total. The molecular formula is C22H17ClN4O3. The number of anilines is 1. The van der Waals surface area contributed by atoms with Gasteiger partial charge in [-0.2, -0.15) is 0 Å². The largest absolute Gasteiger partial charge is 0.330 e. The highest BCUT2D eigenvalue weighted by molar-refractivity contribution is 6.30. The SMILES string of the molecule is O=C(c1c[nH]c(=O)c(Cl)c1)N1CCC2(C(=O)Nc3ccccc32)C1c1cccnc1. The first-order chi connectivity index (χ1) is 14.5. The van der Waals surface area contributed by atoms with E-state index >= 15 is 0 Å². The van der Waals surface area contributed by atoms with Crippen LogP contribution < -0.4 is 10.9 Å². The Morgan fingerprint density at radius 3 is 2.80 bits per heavy atom. The Bertz CT molecular complexity index is 1230. The van der Waals surface area contributed by atoms with Gasteiger partial charge in [0, 0.05) is 30.8 Å². The van der Waals surface area contributed by atoms with E-state index in [1.165, 1.54) is 12.3 Å². The lowest BCUT2D eigenvalue weighted by atomic mass is 9.73. The van der Waals surface area contributed by atoms with Crippen molar-refractivity contribution in [2.45, 2.75) is 17.9 Å². The van der Waals surface area contributed by atoms with Gasteiger partial charge in [0.05, 0.1) is 11.6 Å². The number of nitrogens with zero attached hydrogens (tertiary/aromatic N) is 2. The zero-order valence-corrected chi connectivity index (χ0v) is 16.5. The van der Waals surface area contributed by atoms with Crippen molar-refractivity contribution in [1.29, 1.82) is 0 Å². The molecule has 2 aliphatic heterocycles. The van der Waals surface area contributed by atoms with E-state index in [-0.39, 0.29) is 22.4 Å². The summed E-state index contributed by atoms with van der Waals surface area (Å²) in [5.41, 5.74) is 1.29. The summed E-state index contributed by atoms with van der Waals surface area (Å²) in [6.07, 6.45) is 5.16. The summed E-state index contributed by atoms with van der Waals surface area (Å²) >= 11 is 5.94. The molecular weight excluding hydrogens is 404 g/mol. The third-order valence-corrected chi connectivity index (χ3v) is 6.23. The molecule has 3 aromatic rings. The topological polar surface area (TPSA) is 95.2 Å². The van der Waals surface area contributed by atoms with E-state index in [1.807, 2.05) is 30.3 Å². The Kier molecular flexibility index (Phi) is 4.22. The van der Waals surface area contributed by atoms with Crippen LogP contribution in [0.5, 0.6) is 0 Å². The number of halogens is 1. The van der Waals surface area contributed by atoms with Crippen LogP contribution in [0.15, 0.2) is 65.8 Å². The van der Waals surface area contributed by atoms with E-state index in [4.69, 9.17) is 11.6 Å². The number of fused-ring (bicyclic) bond motifs is 2. The lowest BCUT2D eigenvalue weighted by molar-refractivity contribution is -0.121. The van der Waals surface area contributed by atoms with Crippen LogP contribution in [0.2, 0.25) is 5.02 Å². The smallest absolute Gasteiger partial charge is 0.266 e. The first kappa shape index (κ1) is 18.6. The maximum absolute atomic E-state index is 13.4. The van der Waals surface area contributed by atoms with E-state index in [1.54, 1.807) is 23.4 Å². The first-order valence-corrected chi connectivity index (χ1v) is 9.90. The molecule has 0 saturated carbocycles. The molecule has 1 aromatic carbocycles. The highest BCUT2D eigenvalue weighted by Gasteiger charge is 2.59. The van der Waals surface area contributed by atoms with Gasteiger partial charge in [-0.25, -0.2) is 0 Å². The first-order valence-electron chi connectivity index (χ1n) is 9.52. The molecule has 1 fully saturated rings. The Labute approximate surface area is 176 Å². The average molecular weight is 421 g/mol. The van der Waals surface area contributed by atoms with E-state index in [9.17, 15) is 14.4 Å². The number of aromatic nitrogens is 2. The van der Waals surface area contributed by atoms with E-state index in [0.717, 1.165) is 16.8 Å². The van der Waals surface area contributed by atoms with Crippen LogP contribution in [0.1, 0.15) is 33.9 Å². The van der Waals surface area contributed by atoms with Gasteiger partial charge in [0.25, 0.3) is 11.5 Å². The summed E-state index contributed by atoms with van der Waals surface area (Å²) in [4.78, 5) is 46.7. The maximum Gasteiger partial charge on any atom is 0.266 e. The number of para-hydroxylation sites is 1. The standard InChI is InChI=1S/C22H17ClN4O3/c23-16-10-14(12-25-19(16)28)20(29)27-9-7-22(18(27)13-4-3-8-24-11-13)15-5-1-2-6-17(15)26-21(22)30/h1-6,8,10-12,18H,7,9H2,(H,25,28)(H,26,30). The highest BCUT2D eigenvalue weighted by Crippen LogP contribution is 2.54. The van der Waals surface area contributed by atoms with Gasteiger partial charge in [-0.15, -0.1) is 0 Å². The van der Waals surface area contributed by atoms with Crippen LogP contribution in [-0.4, -0.2) is 33.2 Å². The number of carbonyl (C=O) groups is 2. The van der Waals surface area contributed by atoms with Crippen molar-refractivity contribution in [3.05, 3.63) is 93.1 Å². The molecule has 4 heterocycles. The number of amides is 2. The monoisotopic (exact) mass is 420 g/mol. The van der Waals surface area contributed by atoms with Crippen molar-refractivity contribution >= 4 is 29.1 Å². The number of hydrogen-bond donors (Lipinski definition) is 2. The van der Waals surface area contributed by atoms with Crippen molar-refractivity contribution in [2.24, 2.45) is 0 Å². The van der Waals surface area contributed by atoms with Crippen molar-refractivity contribution in [3.63, 3.8) is 0 Å². The van der Waals surface area contributed by atoms with Crippen LogP contribution in [0, 0.1) is 0 Å². The third-order valence-electron chi connectivity index (χ3n) is 5.95. The number of carbonyl (C=O) groups excluding carboxylic acids is 2. The summed E-state index contributed by atoms with van der Waals surface area (Å²) in [7, 11) is 0. The van der Waals surface area contributed by atoms with Gasteiger partial charge in [0.15, 0.2) is 0 Å². The molecule has 2 N–H and O–H groups in total. The molecule has 150 valence electrons. The molecule has 2 aromatic heterocycles. The second-order valence-electron chi connectivity index (χ2n) is 7.47. The van der Waals surface area contributed by atoms with E-state index < -0.39 is 17.0 Å². The summed E-state index contributed by atoms with van der Waals surface area (Å²) in [5.74, 6) is -0.441. The van der Waals surface area contributed by atoms with Crippen LogP contribution in [0.25, 0.3) is 0 Å². The van der Waals surface area contributed by atoms with Gasteiger partial charge >= 0.3 is 0 Å². The fraction of sp³-hybridized carbons (Fsp3) is 0.182. The Hall–Kier alpha value is -3.45. The predicted octanol–water partition coefficient (Wildman–Crippen LogP) is 2.90. The van der Waals surface area contributed by atoms with Gasteiger partial charge in [0.2, 0.25) is 5.91 Å². The summed E-state index contributed by atoms with van der Waals surface area (Å²) in [6, 6.07) is 12.0. The molecule has 2 amide bonds. The van der Waals surface area contributed by atoms with E-state index in [0.29, 0.717) is 13.0 Å². The number of likely N-dealkylation sites (tertiary alicyclic amines) is 1. The molecule has 30 heavy (non-hydrogen) atoms. The van der Waals surface area contributed by atoms with Crippen LogP contribution in [0.4, 0.5) is 5.69 Å². The minimum Gasteiger partial charge on any atom is -0.330 e. The molecule has 0 bridgehead atoms. The lowest BCUT2D eigenvalue weighted by Crippen LogP contribution is -2.42. The van der Waals surface area contributed by atoms with E-state index in [2.05, 4.69) is 15.3 Å². The molecule has 2 unspecified atom stereocenters. The fourth-order valence-electron chi connectivity index (χ4n) is 4.65. The van der Waals surface area contributed by atoms with Crippen LogP contribution in [-0.2, 0) is 10.2 Å². The number of H-pyrrole nitrogens is 1. The summed E-state index contributed by atoms with van der Waals surface area (Å²) in [5, 5.41) is 2.92. The zero-order chi connectivity index (χ0) is 20.9. The minimum atomic E-state index is -0.915. The Morgan fingerprint density at radius 1 is 1.20 bits per heavy atom. The fourth-order valence-corrected chi connectivity index (χ4v) is 4.82. The molecule has 8 heteroatoms. The second kappa shape index (κ2) is 6.81. The zero-order valence-electron chi connectivity index (χ0n) is 15.8. The number of aromatic amines is 1. The second-order valence-corrected chi connectivity index (χ2v) is 7.88.